The molecule has 2 aromatic carbocycles. The summed E-state index contributed by atoms with van der Waals surface area (Å²) in [5, 5.41) is 9.42. The topological polar surface area (TPSA) is 61.7 Å². The molecule has 0 bridgehead atoms. The first-order chi connectivity index (χ1) is 10.7. The summed E-state index contributed by atoms with van der Waals surface area (Å²) in [6, 6.07) is 15.5. The minimum atomic E-state index is 0.480. The first-order valence-electron chi connectivity index (χ1n) is 6.61. The van der Waals surface area contributed by atoms with Crippen LogP contribution in [0.2, 0.25) is 0 Å². The fourth-order valence-electron chi connectivity index (χ4n) is 2.16. The Morgan fingerprint density at radius 2 is 2.18 bits per heavy atom. The molecule has 5 heteroatoms. The van der Waals surface area contributed by atoms with E-state index in [9.17, 15) is 5.26 Å². The lowest BCUT2D eigenvalue weighted by molar-refractivity contribution is 0.415. The Kier molecular flexibility index (Phi) is 3.94. The third-order valence-corrected chi connectivity index (χ3v) is 3.72. The maximum Gasteiger partial charge on any atom is 0.149 e. The molecule has 0 radical (unpaired) electrons. The second kappa shape index (κ2) is 6.04. The highest BCUT2D eigenvalue weighted by Crippen LogP contribution is 2.23. The first-order valence-corrected chi connectivity index (χ1v) is 7.40. The van der Waals surface area contributed by atoms with Gasteiger partial charge >= 0.3 is 0 Å². The highest BCUT2D eigenvalue weighted by atomic mass is 79.9. The molecule has 0 spiro atoms. The summed E-state index contributed by atoms with van der Waals surface area (Å²) >= 11 is 3.42. The molecule has 0 unspecified atom stereocenters. The van der Waals surface area contributed by atoms with Crippen molar-refractivity contribution in [3.05, 3.63) is 58.3 Å². The van der Waals surface area contributed by atoms with Crippen molar-refractivity contribution in [3.8, 4) is 11.8 Å². The van der Waals surface area contributed by atoms with Gasteiger partial charge in [0.2, 0.25) is 0 Å². The zero-order valence-corrected chi connectivity index (χ0v) is 13.4. The zero-order valence-electron chi connectivity index (χ0n) is 11.8. The molecule has 3 rings (SSSR count). The van der Waals surface area contributed by atoms with Crippen molar-refractivity contribution in [2.24, 2.45) is 0 Å². The average Bonchev–Trinajstić information content (AvgIpc) is 2.95. The maximum absolute atomic E-state index is 9.42. The molecule has 0 saturated carbocycles. The molecule has 0 atom stereocenters. The van der Waals surface area contributed by atoms with Crippen molar-refractivity contribution in [1.29, 1.82) is 5.26 Å². The van der Waals surface area contributed by atoms with Gasteiger partial charge in [-0.1, -0.05) is 28.1 Å². The average molecular weight is 354 g/mol. The van der Waals surface area contributed by atoms with Gasteiger partial charge in [0.15, 0.2) is 0 Å². The second-order valence-electron chi connectivity index (χ2n) is 4.69. The van der Waals surface area contributed by atoms with Crippen molar-refractivity contribution >= 4 is 38.6 Å². The molecule has 0 fully saturated rings. The van der Waals surface area contributed by atoms with Gasteiger partial charge < -0.3 is 9.72 Å². The molecular formula is C17H12BrN3O. The van der Waals surface area contributed by atoms with Crippen LogP contribution >= 0.6 is 15.9 Å². The van der Waals surface area contributed by atoms with E-state index in [0.29, 0.717) is 11.4 Å². The van der Waals surface area contributed by atoms with Crippen LogP contribution in [0.3, 0.4) is 0 Å². The minimum Gasteiger partial charge on any atom is -0.497 e. The molecule has 0 aliphatic carbocycles. The van der Waals surface area contributed by atoms with Crippen LogP contribution < -0.4 is 4.74 Å². The number of aromatic amines is 1. The summed E-state index contributed by atoms with van der Waals surface area (Å²) in [6.07, 6.45) is 1.81. The highest BCUT2D eigenvalue weighted by molar-refractivity contribution is 9.10. The number of H-pyrrole nitrogens is 1. The Balaban J connectivity index is 2.05. The van der Waals surface area contributed by atoms with Crippen LogP contribution in [0, 0.1) is 11.3 Å². The molecule has 4 nitrogen and oxygen atoms in total. The monoisotopic (exact) mass is 353 g/mol. The van der Waals surface area contributed by atoms with Gasteiger partial charge in [-0.3, -0.25) is 0 Å². The summed E-state index contributed by atoms with van der Waals surface area (Å²) < 4.78 is 6.16. The number of aromatic nitrogens is 2. The standard InChI is InChI=1S/C17H12BrN3O/c1-22-14-5-6-15-16(9-14)21-17(20-15)12(10-19)7-11-3-2-4-13(18)8-11/h2-9H,1H3,(H,20,21)/b12-7-. The number of halogens is 1. The van der Waals surface area contributed by atoms with Crippen LogP contribution in [0.4, 0.5) is 0 Å². The molecule has 0 aliphatic rings. The van der Waals surface area contributed by atoms with Crippen LogP contribution in [0.5, 0.6) is 5.75 Å². The number of nitrogens with one attached hydrogen (secondary N) is 1. The minimum absolute atomic E-state index is 0.480. The smallest absolute Gasteiger partial charge is 0.149 e. The van der Waals surface area contributed by atoms with Gasteiger partial charge in [-0.2, -0.15) is 5.26 Å². The number of nitriles is 1. The van der Waals surface area contributed by atoms with Crippen LogP contribution in [-0.2, 0) is 0 Å². The zero-order chi connectivity index (χ0) is 15.5. The van der Waals surface area contributed by atoms with Gasteiger partial charge in [-0.05, 0) is 35.9 Å². The van der Waals surface area contributed by atoms with E-state index in [-0.39, 0.29) is 0 Å². The number of hydrogen-bond donors (Lipinski definition) is 1. The first kappa shape index (κ1) is 14.4. The van der Waals surface area contributed by atoms with E-state index in [1.807, 2.05) is 42.5 Å². The van der Waals surface area contributed by atoms with E-state index in [4.69, 9.17) is 4.74 Å². The van der Waals surface area contributed by atoms with E-state index in [0.717, 1.165) is 26.8 Å². The summed E-state index contributed by atoms with van der Waals surface area (Å²) in [7, 11) is 1.62. The van der Waals surface area contributed by atoms with Crippen molar-refractivity contribution in [1.82, 2.24) is 9.97 Å². The Labute approximate surface area is 136 Å². The predicted octanol–water partition coefficient (Wildman–Crippen LogP) is 4.40. The molecule has 108 valence electrons. The normalized spacial score (nSPS) is 11.4. The van der Waals surface area contributed by atoms with E-state index in [2.05, 4.69) is 32.0 Å². The number of ether oxygens (including phenoxy) is 1. The number of nitrogens with zero attached hydrogens (tertiary/aromatic N) is 2. The number of rotatable bonds is 3. The predicted molar refractivity (Wildman–Crippen MR) is 90.3 cm³/mol. The molecule has 1 heterocycles. The van der Waals surface area contributed by atoms with Crippen molar-refractivity contribution in [2.75, 3.05) is 7.11 Å². The van der Waals surface area contributed by atoms with Gasteiger partial charge in [0.05, 0.1) is 23.7 Å². The number of fused-ring (bicyclic) bond motifs is 1. The third kappa shape index (κ3) is 2.87. The van der Waals surface area contributed by atoms with Gasteiger partial charge in [0, 0.05) is 10.5 Å². The Morgan fingerprint density at radius 3 is 2.91 bits per heavy atom. The van der Waals surface area contributed by atoms with Crippen LogP contribution in [-0.4, -0.2) is 17.1 Å². The lowest BCUT2D eigenvalue weighted by Gasteiger charge is -1.97. The Morgan fingerprint density at radius 1 is 1.32 bits per heavy atom. The number of imidazole rings is 1. The van der Waals surface area contributed by atoms with Crippen molar-refractivity contribution < 1.29 is 4.74 Å². The van der Waals surface area contributed by atoms with E-state index >= 15 is 0 Å². The lowest BCUT2D eigenvalue weighted by Crippen LogP contribution is -1.85. The summed E-state index contributed by atoms with van der Waals surface area (Å²) in [6.45, 7) is 0. The maximum atomic E-state index is 9.42. The van der Waals surface area contributed by atoms with E-state index in [1.54, 1.807) is 13.2 Å². The van der Waals surface area contributed by atoms with Crippen molar-refractivity contribution in [3.63, 3.8) is 0 Å². The molecular weight excluding hydrogens is 342 g/mol. The van der Waals surface area contributed by atoms with E-state index < -0.39 is 0 Å². The van der Waals surface area contributed by atoms with Gasteiger partial charge in [0.25, 0.3) is 0 Å². The summed E-state index contributed by atoms with van der Waals surface area (Å²) in [4.78, 5) is 7.63. The molecule has 22 heavy (non-hydrogen) atoms. The largest absolute Gasteiger partial charge is 0.497 e. The Bertz CT molecular complexity index is 906. The van der Waals surface area contributed by atoms with Crippen molar-refractivity contribution in [2.45, 2.75) is 0 Å². The summed E-state index contributed by atoms with van der Waals surface area (Å²) in [5.74, 6) is 1.29. The lowest BCUT2D eigenvalue weighted by atomic mass is 10.1. The molecule has 3 aromatic rings. The number of allylic oxidation sites excluding steroid dienone is 1. The number of methoxy groups -OCH3 is 1. The quantitative estimate of drug-likeness (QED) is 0.709. The molecule has 0 aliphatic heterocycles. The van der Waals surface area contributed by atoms with Gasteiger partial charge in [0.1, 0.15) is 17.6 Å². The SMILES string of the molecule is COc1ccc2nc(/C(C#N)=C\c3cccc(Br)c3)[nH]c2c1. The summed E-state index contributed by atoms with van der Waals surface area (Å²) in [5.41, 5.74) is 3.05. The van der Waals surface area contributed by atoms with Gasteiger partial charge in [-0.15, -0.1) is 0 Å². The second-order valence-corrected chi connectivity index (χ2v) is 5.61. The van der Waals surface area contributed by atoms with Crippen LogP contribution in [0.1, 0.15) is 11.4 Å². The molecule has 1 aromatic heterocycles. The van der Waals surface area contributed by atoms with Crippen LogP contribution in [0.15, 0.2) is 46.9 Å². The number of hydrogen-bond acceptors (Lipinski definition) is 3. The molecule has 0 amide bonds. The highest BCUT2D eigenvalue weighted by Gasteiger charge is 2.08. The van der Waals surface area contributed by atoms with E-state index in [1.165, 1.54) is 0 Å². The van der Waals surface area contributed by atoms with Crippen LogP contribution in [0.25, 0.3) is 22.7 Å². The fraction of sp³-hybridized carbons (Fsp3) is 0.0588. The fourth-order valence-corrected chi connectivity index (χ4v) is 2.58. The Hall–Kier alpha value is -2.58. The molecule has 1 N–H and O–H groups in total. The third-order valence-electron chi connectivity index (χ3n) is 3.22. The van der Waals surface area contributed by atoms with Gasteiger partial charge in [-0.25, -0.2) is 4.98 Å². The number of benzene rings is 2. The molecule has 0 saturated heterocycles.